The van der Waals surface area contributed by atoms with Gasteiger partial charge in [-0.3, -0.25) is 14.4 Å². The molecule has 1 fully saturated rings. The van der Waals surface area contributed by atoms with Crippen LogP contribution in [0.25, 0.3) is 0 Å². The number of hydrogen-bond donors (Lipinski definition) is 1. The van der Waals surface area contributed by atoms with E-state index in [-0.39, 0.29) is 23.0 Å². The third-order valence-corrected chi connectivity index (χ3v) is 6.10. The topological polar surface area (TPSA) is 98.8 Å². The van der Waals surface area contributed by atoms with Crippen LogP contribution in [0.5, 0.6) is 0 Å². The van der Waals surface area contributed by atoms with Gasteiger partial charge in [0.25, 0.3) is 5.91 Å². The van der Waals surface area contributed by atoms with Gasteiger partial charge in [-0.1, -0.05) is 25.7 Å². The number of amides is 1. The van der Waals surface area contributed by atoms with Gasteiger partial charge >= 0.3 is 11.9 Å². The molecule has 1 aromatic rings. The van der Waals surface area contributed by atoms with Gasteiger partial charge in [0.15, 0.2) is 12.4 Å². The molecule has 0 aromatic carbocycles. The van der Waals surface area contributed by atoms with Crippen molar-refractivity contribution >= 4 is 40.0 Å². The molecule has 154 valence electrons. The van der Waals surface area contributed by atoms with Crippen molar-refractivity contribution in [1.82, 2.24) is 0 Å². The van der Waals surface area contributed by atoms with Crippen LogP contribution in [-0.2, 0) is 19.1 Å². The Hall–Kier alpha value is -2.22. The number of carbonyl (C=O) groups excluding carboxylic acids is 4. The first-order chi connectivity index (χ1) is 13.3. The highest BCUT2D eigenvalue weighted by atomic mass is 32.1. The van der Waals surface area contributed by atoms with Gasteiger partial charge in [-0.15, -0.1) is 11.3 Å². The van der Waals surface area contributed by atoms with Gasteiger partial charge < -0.3 is 14.8 Å². The molecule has 7 nitrogen and oxygen atoms in total. The molecule has 2 rings (SSSR count). The summed E-state index contributed by atoms with van der Waals surface area (Å²) < 4.78 is 10.1. The molecule has 0 spiro atoms. The molecular weight excluding hydrogens is 382 g/mol. The van der Waals surface area contributed by atoms with E-state index in [1.54, 1.807) is 13.8 Å². The van der Waals surface area contributed by atoms with Gasteiger partial charge in [0.1, 0.15) is 5.00 Å². The third kappa shape index (κ3) is 5.89. The molecule has 0 atom stereocenters. The van der Waals surface area contributed by atoms with E-state index >= 15 is 0 Å². The Kier molecular flexibility index (Phi) is 8.17. The maximum absolute atomic E-state index is 12.2. The minimum absolute atomic E-state index is 0.165. The normalized spacial score (nSPS) is 14.0. The summed E-state index contributed by atoms with van der Waals surface area (Å²) in [7, 11) is 0. The summed E-state index contributed by atoms with van der Waals surface area (Å²) in [6, 6.07) is 0. The van der Waals surface area contributed by atoms with Crippen LogP contribution in [0.3, 0.4) is 0 Å². The lowest BCUT2D eigenvalue weighted by Crippen LogP contribution is -2.22. The number of hydrogen-bond acceptors (Lipinski definition) is 7. The first kappa shape index (κ1) is 22.1. The maximum Gasteiger partial charge on any atom is 0.341 e. The highest BCUT2D eigenvalue weighted by Crippen LogP contribution is 2.34. The second-order valence-electron chi connectivity index (χ2n) is 6.93. The smallest absolute Gasteiger partial charge is 0.341 e. The molecule has 1 amide bonds. The average molecular weight is 410 g/mol. The lowest BCUT2D eigenvalue weighted by Gasteiger charge is -2.09. The molecule has 1 N–H and O–H groups in total. The molecule has 0 saturated heterocycles. The van der Waals surface area contributed by atoms with Crippen LogP contribution in [-0.4, -0.2) is 36.8 Å². The molecule has 8 heteroatoms. The molecular formula is C20H27NO6S. The summed E-state index contributed by atoms with van der Waals surface area (Å²) in [5, 5.41) is 2.80. The van der Waals surface area contributed by atoms with Crippen LogP contribution in [0.2, 0.25) is 0 Å². The summed E-state index contributed by atoms with van der Waals surface area (Å²) in [4.78, 5) is 48.4. The second kappa shape index (κ2) is 10.4. The quantitative estimate of drug-likeness (QED) is 0.491. The van der Waals surface area contributed by atoms with Crippen molar-refractivity contribution in [2.24, 2.45) is 5.92 Å². The number of esters is 2. The van der Waals surface area contributed by atoms with Crippen molar-refractivity contribution < 1.29 is 28.7 Å². The van der Waals surface area contributed by atoms with Crippen LogP contribution in [0.15, 0.2) is 0 Å². The summed E-state index contributed by atoms with van der Waals surface area (Å²) in [6.45, 7) is 4.45. The van der Waals surface area contributed by atoms with E-state index in [0.29, 0.717) is 22.8 Å². The number of ether oxygens (including phenoxy) is 2. The van der Waals surface area contributed by atoms with Crippen molar-refractivity contribution in [3.8, 4) is 0 Å². The van der Waals surface area contributed by atoms with Crippen LogP contribution in [0.4, 0.5) is 5.00 Å². The summed E-state index contributed by atoms with van der Waals surface area (Å²) in [6.07, 6.45) is 5.83. The van der Waals surface area contributed by atoms with Crippen molar-refractivity contribution in [3.63, 3.8) is 0 Å². The summed E-state index contributed by atoms with van der Waals surface area (Å²) in [5.74, 6) is -1.19. The van der Waals surface area contributed by atoms with E-state index in [0.717, 1.165) is 30.6 Å². The first-order valence-electron chi connectivity index (χ1n) is 9.60. The number of thiophene rings is 1. The Labute approximate surface area is 168 Å². The minimum atomic E-state index is -0.604. The lowest BCUT2D eigenvalue weighted by molar-refractivity contribution is -0.147. The van der Waals surface area contributed by atoms with Gasteiger partial charge in [0, 0.05) is 6.42 Å². The molecule has 0 bridgehead atoms. The molecule has 1 heterocycles. The van der Waals surface area contributed by atoms with Crippen molar-refractivity contribution in [2.75, 3.05) is 18.5 Å². The Morgan fingerprint density at radius 3 is 2.43 bits per heavy atom. The van der Waals surface area contributed by atoms with Gasteiger partial charge in [-0.25, -0.2) is 4.79 Å². The number of nitrogens with one attached hydrogen (secondary N) is 1. The Balaban J connectivity index is 1.94. The highest BCUT2D eigenvalue weighted by Gasteiger charge is 2.25. The molecule has 0 aliphatic heterocycles. The van der Waals surface area contributed by atoms with Gasteiger partial charge in [0.05, 0.1) is 17.0 Å². The van der Waals surface area contributed by atoms with E-state index < -0.39 is 24.5 Å². The molecule has 1 saturated carbocycles. The van der Waals surface area contributed by atoms with Gasteiger partial charge in [-0.05, 0) is 38.7 Å². The molecule has 1 aromatic heterocycles. The minimum Gasteiger partial charge on any atom is -0.462 e. The van der Waals surface area contributed by atoms with Crippen LogP contribution in [0, 0.1) is 12.8 Å². The van der Waals surface area contributed by atoms with Gasteiger partial charge in [0.2, 0.25) is 0 Å². The average Bonchev–Trinajstić information content (AvgIpc) is 3.26. The molecule has 1 aliphatic carbocycles. The zero-order valence-corrected chi connectivity index (χ0v) is 17.4. The Morgan fingerprint density at radius 2 is 1.82 bits per heavy atom. The predicted molar refractivity (Wildman–Crippen MR) is 106 cm³/mol. The Morgan fingerprint density at radius 1 is 1.14 bits per heavy atom. The van der Waals surface area contributed by atoms with Crippen molar-refractivity contribution in [3.05, 3.63) is 16.0 Å². The fourth-order valence-corrected chi connectivity index (χ4v) is 4.49. The number of rotatable bonds is 9. The van der Waals surface area contributed by atoms with Crippen LogP contribution < -0.4 is 5.32 Å². The van der Waals surface area contributed by atoms with Crippen molar-refractivity contribution in [2.45, 2.75) is 59.3 Å². The fraction of sp³-hybridized carbons (Fsp3) is 0.600. The maximum atomic E-state index is 12.2. The Bertz CT molecular complexity index is 748. The molecule has 28 heavy (non-hydrogen) atoms. The summed E-state index contributed by atoms with van der Waals surface area (Å²) in [5.41, 5.74) is 0.637. The van der Waals surface area contributed by atoms with E-state index in [9.17, 15) is 19.2 Å². The van der Waals surface area contributed by atoms with Crippen LogP contribution >= 0.6 is 11.3 Å². The third-order valence-electron chi connectivity index (χ3n) is 4.79. The van der Waals surface area contributed by atoms with Crippen LogP contribution in [0.1, 0.15) is 78.0 Å². The molecule has 0 radical (unpaired) electrons. The van der Waals surface area contributed by atoms with Crippen molar-refractivity contribution in [1.29, 1.82) is 0 Å². The standard InChI is InChI=1S/C20H27NO6S/c1-4-26-20(25)17-12(2)18(13(3)22)28-19(17)21-15(23)11-27-16(24)10-9-14-7-5-6-8-14/h14H,4-11H2,1-3H3,(H,21,23). The van der Waals surface area contributed by atoms with Gasteiger partial charge in [-0.2, -0.15) is 0 Å². The van der Waals surface area contributed by atoms with E-state index in [1.165, 1.54) is 19.8 Å². The van der Waals surface area contributed by atoms with E-state index in [2.05, 4.69) is 5.32 Å². The number of ketones is 1. The first-order valence-corrected chi connectivity index (χ1v) is 10.4. The lowest BCUT2D eigenvalue weighted by atomic mass is 10.0. The zero-order valence-electron chi connectivity index (χ0n) is 16.6. The fourth-order valence-electron chi connectivity index (χ4n) is 3.39. The largest absolute Gasteiger partial charge is 0.462 e. The zero-order chi connectivity index (χ0) is 20.7. The number of anilines is 1. The molecule has 0 unspecified atom stereocenters. The SMILES string of the molecule is CCOC(=O)c1c(NC(=O)COC(=O)CCC2CCCC2)sc(C(C)=O)c1C. The highest BCUT2D eigenvalue weighted by molar-refractivity contribution is 7.18. The van der Waals surface area contributed by atoms with E-state index in [1.807, 2.05) is 0 Å². The monoisotopic (exact) mass is 409 g/mol. The second-order valence-corrected chi connectivity index (χ2v) is 7.96. The number of Topliss-reactive ketones (excluding diaryl/α,β-unsaturated/α-hetero) is 1. The number of carbonyl (C=O) groups is 4. The predicted octanol–water partition coefficient (Wildman–Crippen LogP) is 3.89. The summed E-state index contributed by atoms with van der Waals surface area (Å²) >= 11 is 1.02. The molecule has 1 aliphatic rings. The van der Waals surface area contributed by atoms with E-state index in [4.69, 9.17) is 9.47 Å².